The summed E-state index contributed by atoms with van der Waals surface area (Å²) in [7, 11) is 0. The average Bonchev–Trinajstić information content (AvgIpc) is 2.75. The lowest BCUT2D eigenvalue weighted by molar-refractivity contribution is -0.127. The molecule has 0 spiro atoms. The van der Waals surface area contributed by atoms with E-state index in [0.29, 0.717) is 12.4 Å². The highest BCUT2D eigenvalue weighted by Crippen LogP contribution is 2.17. The maximum Gasteiger partial charge on any atom is 0.280 e. The largest absolute Gasteiger partial charge is 0.489 e. The summed E-state index contributed by atoms with van der Waals surface area (Å²) < 4.78 is 12.3. The van der Waals surface area contributed by atoms with E-state index in [0.717, 1.165) is 21.3 Å². The normalized spacial score (nSPS) is 11.8. The second-order valence-corrected chi connectivity index (χ2v) is 7.21. The minimum atomic E-state index is -0.672. The van der Waals surface area contributed by atoms with Crippen molar-refractivity contribution in [2.45, 2.75) is 19.6 Å². The Hall–Kier alpha value is -3.12. The number of benzene rings is 3. The van der Waals surface area contributed by atoms with Crippen molar-refractivity contribution in [2.24, 2.45) is 5.10 Å². The van der Waals surface area contributed by atoms with E-state index < -0.39 is 6.10 Å². The molecule has 0 saturated carbocycles. The third-order valence-electron chi connectivity index (χ3n) is 3.99. The Bertz CT molecular complexity index is 959. The van der Waals surface area contributed by atoms with Crippen LogP contribution >= 0.6 is 15.9 Å². The van der Waals surface area contributed by atoms with Gasteiger partial charge < -0.3 is 9.47 Å². The number of hydrazone groups is 1. The molecule has 1 amide bonds. The first-order chi connectivity index (χ1) is 14.1. The van der Waals surface area contributed by atoms with Crippen LogP contribution in [0.25, 0.3) is 0 Å². The van der Waals surface area contributed by atoms with Gasteiger partial charge in [-0.25, -0.2) is 5.43 Å². The summed E-state index contributed by atoms with van der Waals surface area (Å²) in [6.45, 7) is 2.16. The van der Waals surface area contributed by atoms with E-state index in [4.69, 9.17) is 9.47 Å². The van der Waals surface area contributed by atoms with Crippen molar-refractivity contribution >= 4 is 28.1 Å². The topological polar surface area (TPSA) is 59.9 Å². The van der Waals surface area contributed by atoms with Crippen molar-refractivity contribution in [1.29, 1.82) is 0 Å². The SMILES string of the molecule is CC(Oc1ccc(Br)cc1)C(=O)NN=Cc1cccc(OCc2ccccc2)c1. The molecule has 3 aromatic rings. The van der Waals surface area contributed by atoms with Crippen LogP contribution in [-0.2, 0) is 11.4 Å². The Kier molecular flexibility index (Phi) is 7.41. The zero-order valence-corrected chi connectivity index (χ0v) is 17.5. The number of amides is 1. The number of hydrogen-bond donors (Lipinski definition) is 1. The smallest absolute Gasteiger partial charge is 0.280 e. The number of nitrogens with zero attached hydrogens (tertiary/aromatic N) is 1. The summed E-state index contributed by atoms with van der Waals surface area (Å²) in [5.41, 5.74) is 4.41. The van der Waals surface area contributed by atoms with Crippen molar-refractivity contribution in [3.05, 3.63) is 94.5 Å². The summed E-state index contributed by atoms with van der Waals surface area (Å²) >= 11 is 3.36. The molecule has 1 atom stereocenters. The minimum Gasteiger partial charge on any atom is -0.489 e. The Labute approximate surface area is 178 Å². The standard InChI is InChI=1S/C23H21BrN2O3/c1-17(29-21-12-10-20(24)11-13-21)23(27)26-25-15-19-8-5-9-22(14-19)28-16-18-6-3-2-4-7-18/h2-15,17H,16H2,1H3,(H,26,27). The lowest BCUT2D eigenvalue weighted by Gasteiger charge is -2.12. The third kappa shape index (κ3) is 6.76. The first-order valence-electron chi connectivity index (χ1n) is 9.12. The molecule has 0 aliphatic heterocycles. The molecule has 148 valence electrons. The Morgan fingerprint density at radius 2 is 1.79 bits per heavy atom. The Morgan fingerprint density at radius 1 is 1.03 bits per heavy atom. The van der Waals surface area contributed by atoms with Gasteiger partial charge in [-0.1, -0.05) is 58.4 Å². The quantitative estimate of drug-likeness (QED) is 0.388. The highest BCUT2D eigenvalue weighted by molar-refractivity contribution is 9.10. The molecule has 0 saturated heterocycles. The second kappa shape index (κ2) is 10.4. The van der Waals surface area contributed by atoms with Gasteiger partial charge in [0.15, 0.2) is 6.10 Å². The van der Waals surface area contributed by atoms with Crippen LogP contribution < -0.4 is 14.9 Å². The van der Waals surface area contributed by atoms with Crippen LogP contribution in [0.2, 0.25) is 0 Å². The van der Waals surface area contributed by atoms with E-state index >= 15 is 0 Å². The number of hydrogen-bond acceptors (Lipinski definition) is 4. The first-order valence-corrected chi connectivity index (χ1v) is 9.91. The summed E-state index contributed by atoms with van der Waals surface area (Å²) in [5.74, 6) is 1.01. The monoisotopic (exact) mass is 452 g/mol. The highest BCUT2D eigenvalue weighted by atomic mass is 79.9. The van der Waals surface area contributed by atoms with Crippen LogP contribution in [0.15, 0.2) is 88.4 Å². The van der Waals surface area contributed by atoms with Gasteiger partial charge in [-0.2, -0.15) is 5.10 Å². The van der Waals surface area contributed by atoms with Gasteiger partial charge in [0.1, 0.15) is 18.1 Å². The fraction of sp³-hybridized carbons (Fsp3) is 0.130. The molecule has 29 heavy (non-hydrogen) atoms. The molecule has 6 heteroatoms. The van der Waals surface area contributed by atoms with Crippen molar-refractivity contribution in [2.75, 3.05) is 0 Å². The van der Waals surface area contributed by atoms with E-state index in [1.54, 1.807) is 25.3 Å². The van der Waals surface area contributed by atoms with Crippen LogP contribution in [0.5, 0.6) is 11.5 Å². The van der Waals surface area contributed by atoms with E-state index in [-0.39, 0.29) is 5.91 Å². The van der Waals surface area contributed by atoms with E-state index in [1.165, 1.54) is 0 Å². The van der Waals surface area contributed by atoms with Gasteiger partial charge in [0.25, 0.3) is 5.91 Å². The van der Waals surface area contributed by atoms with Crippen LogP contribution in [0.4, 0.5) is 0 Å². The highest BCUT2D eigenvalue weighted by Gasteiger charge is 2.13. The first kappa shape index (κ1) is 20.6. The van der Waals surface area contributed by atoms with Gasteiger partial charge in [0.2, 0.25) is 0 Å². The van der Waals surface area contributed by atoms with Crippen LogP contribution in [0.1, 0.15) is 18.1 Å². The molecule has 0 aliphatic carbocycles. The second-order valence-electron chi connectivity index (χ2n) is 6.30. The summed E-state index contributed by atoms with van der Waals surface area (Å²) in [6.07, 6.45) is 0.897. The minimum absolute atomic E-state index is 0.333. The van der Waals surface area contributed by atoms with E-state index in [1.807, 2.05) is 66.7 Å². The summed E-state index contributed by atoms with van der Waals surface area (Å²) in [6, 6.07) is 24.7. The van der Waals surface area contributed by atoms with Gasteiger partial charge in [-0.05, 0) is 54.4 Å². The van der Waals surface area contributed by atoms with Crippen LogP contribution in [-0.4, -0.2) is 18.2 Å². The number of carbonyl (C=O) groups excluding carboxylic acids is 1. The average molecular weight is 453 g/mol. The zero-order chi connectivity index (χ0) is 20.5. The van der Waals surface area contributed by atoms with Crippen molar-refractivity contribution in [3.8, 4) is 11.5 Å². The molecule has 0 fully saturated rings. The predicted molar refractivity (Wildman–Crippen MR) is 117 cm³/mol. The van der Waals surface area contributed by atoms with Crippen LogP contribution in [0, 0.1) is 0 Å². The van der Waals surface area contributed by atoms with Crippen molar-refractivity contribution in [1.82, 2.24) is 5.43 Å². The van der Waals surface area contributed by atoms with Crippen molar-refractivity contribution < 1.29 is 14.3 Å². The maximum absolute atomic E-state index is 12.1. The van der Waals surface area contributed by atoms with Crippen LogP contribution in [0.3, 0.4) is 0 Å². The van der Waals surface area contributed by atoms with E-state index in [9.17, 15) is 4.79 Å². The number of rotatable bonds is 8. The van der Waals surface area contributed by atoms with Gasteiger partial charge >= 0.3 is 0 Å². The lowest BCUT2D eigenvalue weighted by Crippen LogP contribution is -2.33. The lowest BCUT2D eigenvalue weighted by atomic mass is 10.2. The van der Waals surface area contributed by atoms with Gasteiger partial charge in [-0.15, -0.1) is 0 Å². The Morgan fingerprint density at radius 3 is 2.55 bits per heavy atom. The molecule has 0 heterocycles. The fourth-order valence-electron chi connectivity index (χ4n) is 2.46. The Balaban J connectivity index is 1.50. The van der Waals surface area contributed by atoms with Crippen molar-refractivity contribution in [3.63, 3.8) is 0 Å². The van der Waals surface area contributed by atoms with Gasteiger partial charge in [0.05, 0.1) is 6.21 Å². The predicted octanol–water partition coefficient (Wildman–Crippen LogP) is 4.95. The number of ether oxygens (including phenoxy) is 2. The maximum atomic E-state index is 12.1. The fourth-order valence-corrected chi connectivity index (χ4v) is 2.72. The molecule has 0 radical (unpaired) electrons. The van der Waals surface area contributed by atoms with Gasteiger partial charge in [-0.3, -0.25) is 4.79 Å². The summed E-state index contributed by atoms with van der Waals surface area (Å²) in [5, 5.41) is 4.01. The molecule has 1 N–H and O–H groups in total. The third-order valence-corrected chi connectivity index (χ3v) is 4.52. The molecule has 3 rings (SSSR count). The molecule has 1 unspecified atom stereocenters. The molecular formula is C23H21BrN2O3. The number of carbonyl (C=O) groups is 1. The molecule has 5 nitrogen and oxygen atoms in total. The number of halogens is 1. The zero-order valence-electron chi connectivity index (χ0n) is 15.9. The molecular weight excluding hydrogens is 432 g/mol. The number of nitrogens with one attached hydrogen (secondary N) is 1. The molecule has 0 aromatic heterocycles. The molecule has 3 aromatic carbocycles. The summed E-state index contributed by atoms with van der Waals surface area (Å²) in [4.78, 5) is 12.1. The van der Waals surface area contributed by atoms with Gasteiger partial charge in [0, 0.05) is 4.47 Å². The van der Waals surface area contributed by atoms with E-state index in [2.05, 4.69) is 26.5 Å². The molecule has 0 bridgehead atoms. The molecule has 0 aliphatic rings.